The van der Waals surface area contributed by atoms with Crippen molar-refractivity contribution in [3.05, 3.63) is 266 Å². The molecule has 0 unspecified atom stereocenters. The molecule has 0 radical (unpaired) electrons. The van der Waals surface area contributed by atoms with Crippen LogP contribution in [0.25, 0.3) is 44.5 Å². The third-order valence-electron chi connectivity index (χ3n) is 32.4. The maximum Gasteiger partial charge on any atom is 0.228 e. The first-order valence-corrected chi connectivity index (χ1v) is 53.0. The number of halogens is 16. The Kier molecular flexibility index (Phi) is 53.9. The Morgan fingerprint density at radius 1 is 0.231 bits per heavy atom. The molecule has 0 amide bonds. The van der Waals surface area contributed by atoms with Gasteiger partial charge >= 0.3 is 0 Å². The van der Waals surface area contributed by atoms with E-state index in [1.54, 1.807) is 0 Å². The van der Waals surface area contributed by atoms with Gasteiger partial charge in [0.25, 0.3) is 0 Å². The highest BCUT2D eigenvalue weighted by atomic mass is 19.2. The quantitative estimate of drug-likeness (QED) is 0.0332. The summed E-state index contributed by atoms with van der Waals surface area (Å²) in [6.45, 7) is 14.9. The Hall–Kier alpha value is -9.20. The van der Waals surface area contributed by atoms with E-state index in [9.17, 15) is 70.2 Å². The first kappa shape index (κ1) is 119. The smallest absolute Gasteiger partial charge is 0.228 e. The highest BCUT2D eigenvalue weighted by Crippen LogP contribution is 2.51. The second kappa shape index (κ2) is 64.7. The molecule has 8 aliphatic carbocycles. The van der Waals surface area contributed by atoms with Gasteiger partial charge in [0, 0.05) is 0 Å². The number of rotatable bonds is 30. The normalized spacial score (nSPS) is 23.9. The first-order valence-electron chi connectivity index (χ1n) is 53.0. The molecule has 8 aromatic carbocycles. The van der Waals surface area contributed by atoms with E-state index < -0.39 is 97.0 Å². The minimum Gasteiger partial charge on any atom is -0.457 e. The van der Waals surface area contributed by atoms with Crippen LogP contribution in [0.15, 0.2) is 197 Å². The van der Waals surface area contributed by atoms with Crippen molar-refractivity contribution in [3.63, 3.8) is 0 Å². The SMILES string of the molecule is C.C=CF.C=CF.C=CF.C=CF.CCC1CCC(C2CCC(c3ccc(-c4cc(F)c(OCF)c(F)c4)cc3)CC2)CC1.CCCC1CCC(C2CCC(c3ccc(-c4cc(F)c(OCF)c(F)c4)cc3)CC2)CC1.CCCCC1CCC(C2CCC(c3ccc(-c4cc(F)c(OCF)c(F)c4)cc3)CC2)CC1.CCCCCC1CCC(C2CCC(c3ccc(-c4cc(F)c(OCF)c(F)c4)cc3)CC2)CC1. The number of alkyl halides is 4. The molecule has 8 aliphatic rings. The van der Waals surface area contributed by atoms with Crippen LogP contribution in [0, 0.1) is 118 Å². The molecule has 0 heterocycles. The van der Waals surface area contributed by atoms with Crippen LogP contribution in [0.3, 0.4) is 0 Å². The van der Waals surface area contributed by atoms with Crippen molar-refractivity contribution in [2.45, 2.75) is 328 Å². The largest absolute Gasteiger partial charge is 0.457 e. The summed E-state index contributed by atoms with van der Waals surface area (Å²) in [5.74, 6) is 3.74. The molecule has 0 atom stereocenters. The zero-order chi connectivity index (χ0) is 102. The zero-order valence-corrected chi connectivity index (χ0v) is 84.4. The van der Waals surface area contributed by atoms with E-state index in [-0.39, 0.29) is 32.7 Å². The second-order valence-electron chi connectivity index (χ2n) is 40.6. The molecule has 8 fully saturated rings. The summed E-state index contributed by atoms with van der Waals surface area (Å²) in [7, 11) is 0. The minimum atomic E-state index is -1.26. The summed E-state index contributed by atoms with van der Waals surface area (Å²) in [6, 6.07) is 41.8. The van der Waals surface area contributed by atoms with Crippen molar-refractivity contribution < 1.29 is 89.2 Å². The van der Waals surface area contributed by atoms with E-state index in [1.165, 1.54) is 340 Å². The molecule has 20 heteroatoms. The van der Waals surface area contributed by atoms with E-state index in [0.717, 1.165) is 93.3 Å². The second-order valence-corrected chi connectivity index (χ2v) is 40.6. The molecule has 0 spiro atoms. The van der Waals surface area contributed by atoms with Gasteiger partial charge in [0.15, 0.2) is 69.5 Å². The van der Waals surface area contributed by atoms with Crippen molar-refractivity contribution in [2.24, 2.45) is 71.0 Å². The van der Waals surface area contributed by atoms with E-state index >= 15 is 0 Å². The molecule has 16 rings (SSSR count). The molecular formula is C123H160F16O4. The summed E-state index contributed by atoms with van der Waals surface area (Å²) in [5.41, 5.74) is 9.98. The Morgan fingerprint density at radius 3 is 0.580 bits per heavy atom. The monoisotopic (exact) mass is 2010 g/mol. The highest BCUT2D eigenvalue weighted by Gasteiger charge is 2.37. The van der Waals surface area contributed by atoms with Crippen molar-refractivity contribution in [1.29, 1.82) is 0 Å². The van der Waals surface area contributed by atoms with Crippen molar-refractivity contribution in [3.8, 4) is 67.5 Å². The van der Waals surface area contributed by atoms with E-state index in [4.69, 9.17) is 0 Å². The average Bonchev–Trinajstić information content (AvgIpc) is 0.816. The third kappa shape index (κ3) is 36.7. The molecule has 0 N–H and O–H groups in total. The number of benzene rings is 8. The third-order valence-corrected chi connectivity index (χ3v) is 32.4. The maximum absolute atomic E-state index is 14.1. The van der Waals surface area contributed by atoms with Gasteiger partial charge in [-0.15, -0.1) is 0 Å². The molecule has 8 saturated carbocycles. The lowest BCUT2D eigenvalue weighted by atomic mass is 9.68. The van der Waals surface area contributed by atoms with Crippen molar-refractivity contribution in [2.75, 3.05) is 27.4 Å². The first-order chi connectivity index (χ1) is 69.0. The minimum absolute atomic E-state index is 0. The Labute approximate surface area is 845 Å². The predicted molar refractivity (Wildman–Crippen MR) is 555 cm³/mol. The molecule has 0 bridgehead atoms. The lowest BCUT2D eigenvalue weighted by molar-refractivity contribution is 0.155. The van der Waals surface area contributed by atoms with Gasteiger partial charge < -0.3 is 18.9 Å². The number of hydrogen-bond donors (Lipinski definition) is 0. The Bertz CT molecular complexity index is 4790. The summed E-state index contributed by atoms with van der Waals surface area (Å²) in [4.78, 5) is 0. The summed E-state index contributed by atoms with van der Waals surface area (Å²) in [6.07, 6.45) is 58.1. The van der Waals surface area contributed by atoms with Crippen LogP contribution < -0.4 is 18.9 Å². The molecule has 4 nitrogen and oxygen atoms in total. The van der Waals surface area contributed by atoms with Crippen LogP contribution in [0.4, 0.5) is 70.2 Å². The van der Waals surface area contributed by atoms with Crippen LogP contribution in [-0.4, -0.2) is 27.4 Å². The van der Waals surface area contributed by atoms with Crippen LogP contribution in [0.5, 0.6) is 23.0 Å². The lowest BCUT2D eigenvalue weighted by Crippen LogP contribution is -2.25. The standard InChI is InChI=1S/C30H39F3O.C29H37F3O.C28H35F3O.C27H33F3O.4C2H3F.CH4/c1-2-3-4-5-21-6-8-22(9-7-21)23-10-12-24(13-11-23)25-14-16-26(17-15-25)27-18-28(32)30(34-20-31)29(33)19-27;1-2-3-4-20-5-7-21(8-6-20)22-9-11-23(12-10-22)24-13-15-25(16-14-24)26-17-27(31)29(33-19-30)28(32)18-26;1-2-3-19-4-6-20(7-5-19)21-8-10-22(11-9-21)23-12-14-24(15-13-23)25-16-26(30)28(32-18-29)27(31)17-25;1-2-18-3-5-19(6-4-18)20-7-9-21(10-8-20)22-11-13-23(14-12-22)24-15-25(29)27(31-17-28)26(30)16-24;4*1-2-3;/h14-19,21-24H,2-13,20H2,1H3;13-18,20-23H,2-12,19H2,1H3;12-17,19-22H,2-11,18H2,1H3;11-16,18-21H,2-10,17H2,1H3;4*2H,1H2;1H4. The van der Waals surface area contributed by atoms with E-state index in [1.807, 2.05) is 48.5 Å². The molecule has 8 aromatic rings. The lowest BCUT2D eigenvalue weighted by Gasteiger charge is -2.38. The van der Waals surface area contributed by atoms with Gasteiger partial charge in [-0.1, -0.05) is 274 Å². The van der Waals surface area contributed by atoms with Crippen molar-refractivity contribution >= 4 is 0 Å². The maximum atomic E-state index is 14.1. The topological polar surface area (TPSA) is 36.9 Å². The number of hydrogen-bond acceptors (Lipinski definition) is 4. The van der Waals surface area contributed by atoms with Gasteiger partial charge in [-0.05, 0) is 364 Å². The van der Waals surface area contributed by atoms with Crippen LogP contribution >= 0.6 is 0 Å². The van der Waals surface area contributed by atoms with Gasteiger partial charge in [0.2, 0.25) is 27.4 Å². The van der Waals surface area contributed by atoms with E-state index in [2.05, 4.69) is 121 Å². The fourth-order valence-electron chi connectivity index (χ4n) is 24.7. The Morgan fingerprint density at radius 2 is 0.406 bits per heavy atom. The molecule has 0 aliphatic heterocycles. The predicted octanol–water partition coefficient (Wildman–Crippen LogP) is 41.1. The highest BCUT2D eigenvalue weighted by molar-refractivity contribution is 5.68. The fourth-order valence-corrected chi connectivity index (χ4v) is 24.7. The van der Waals surface area contributed by atoms with Gasteiger partial charge in [0.1, 0.15) is 0 Å². The van der Waals surface area contributed by atoms with Gasteiger partial charge in [-0.2, -0.15) is 0 Å². The Balaban J connectivity index is 0.000000224. The molecule has 0 saturated heterocycles. The van der Waals surface area contributed by atoms with Crippen LogP contribution in [-0.2, 0) is 0 Å². The van der Waals surface area contributed by atoms with Gasteiger partial charge in [-0.25, -0.2) is 70.2 Å². The van der Waals surface area contributed by atoms with Gasteiger partial charge in [0.05, 0.1) is 25.3 Å². The summed E-state index contributed by atoms with van der Waals surface area (Å²) >= 11 is 0. The molecule has 788 valence electrons. The molecular weight excluding hydrogens is 1850 g/mol. The summed E-state index contributed by atoms with van der Waals surface area (Å²) in [5, 5.41) is 0. The number of ether oxygens (including phenoxy) is 4. The molecule has 0 aromatic heterocycles. The zero-order valence-electron chi connectivity index (χ0n) is 84.4. The number of unbranched alkanes of at least 4 members (excludes halogenated alkanes) is 3. The van der Waals surface area contributed by atoms with Crippen LogP contribution in [0.1, 0.15) is 351 Å². The van der Waals surface area contributed by atoms with Crippen molar-refractivity contribution in [1.82, 2.24) is 0 Å². The average molecular weight is 2010 g/mol. The van der Waals surface area contributed by atoms with Gasteiger partial charge in [-0.3, -0.25) is 0 Å². The summed E-state index contributed by atoms with van der Waals surface area (Å²) < 4.78 is 220. The van der Waals surface area contributed by atoms with Crippen LogP contribution in [0.2, 0.25) is 0 Å². The molecule has 143 heavy (non-hydrogen) atoms. The fraction of sp³-hybridized carbons (Fsp3) is 0.545. The van der Waals surface area contributed by atoms with E-state index in [0.29, 0.717) is 45.9 Å².